The average molecular weight is 286 g/mol. The van der Waals surface area contributed by atoms with Crippen molar-refractivity contribution in [3.8, 4) is 0 Å². The van der Waals surface area contributed by atoms with Crippen LogP contribution in [0.3, 0.4) is 0 Å². The molecule has 6 heteroatoms. The third-order valence-corrected chi connectivity index (χ3v) is 4.84. The molecule has 0 atom stereocenters. The largest absolute Gasteiger partial charge is 0.354 e. The van der Waals surface area contributed by atoms with Gasteiger partial charge in [0, 0.05) is 44.0 Å². The molecule has 0 radical (unpaired) electrons. The number of piperazine rings is 1. The van der Waals surface area contributed by atoms with E-state index in [0.717, 1.165) is 43.7 Å². The predicted octanol–water partition coefficient (Wildman–Crippen LogP) is 1.50. The van der Waals surface area contributed by atoms with Gasteiger partial charge in [-0.15, -0.1) is 0 Å². The van der Waals surface area contributed by atoms with Gasteiger partial charge in [0.25, 0.3) is 5.78 Å². The highest BCUT2D eigenvalue weighted by atomic mass is 15.4. The summed E-state index contributed by atoms with van der Waals surface area (Å²) in [4.78, 5) is 13.7. The summed E-state index contributed by atoms with van der Waals surface area (Å²) in [6.07, 6.45) is 7.19. The maximum absolute atomic E-state index is 4.42. The second-order valence-corrected chi connectivity index (χ2v) is 6.19. The Hall–Kier alpha value is -1.69. The molecule has 0 aromatic carbocycles. The Kier molecular flexibility index (Phi) is 3.25. The molecule has 2 aromatic heterocycles. The van der Waals surface area contributed by atoms with Gasteiger partial charge >= 0.3 is 0 Å². The van der Waals surface area contributed by atoms with E-state index >= 15 is 0 Å². The third kappa shape index (κ3) is 2.37. The molecule has 4 rings (SSSR count). The van der Waals surface area contributed by atoms with E-state index in [9.17, 15) is 0 Å². The van der Waals surface area contributed by atoms with Crippen molar-refractivity contribution in [1.82, 2.24) is 24.5 Å². The Labute approximate surface area is 124 Å². The van der Waals surface area contributed by atoms with Crippen LogP contribution < -0.4 is 4.90 Å². The fourth-order valence-electron chi connectivity index (χ4n) is 3.72. The van der Waals surface area contributed by atoms with E-state index < -0.39 is 0 Å². The van der Waals surface area contributed by atoms with E-state index in [1.807, 2.05) is 11.4 Å². The summed E-state index contributed by atoms with van der Waals surface area (Å²) in [7, 11) is 0. The van der Waals surface area contributed by atoms with Crippen molar-refractivity contribution in [3.63, 3.8) is 0 Å². The van der Waals surface area contributed by atoms with Crippen LogP contribution in [0.15, 0.2) is 12.4 Å². The Morgan fingerprint density at radius 2 is 1.86 bits per heavy atom. The van der Waals surface area contributed by atoms with Gasteiger partial charge in [-0.1, -0.05) is 12.8 Å². The van der Waals surface area contributed by atoms with Gasteiger partial charge in [0.2, 0.25) is 0 Å². The summed E-state index contributed by atoms with van der Waals surface area (Å²) in [5.41, 5.74) is 1.00. The monoisotopic (exact) mass is 286 g/mol. The van der Waals surface area contributed by atoms with Crippen LogP contribution in [0.5, 0.6) is 0 Å². The van der Waals surface area contributed by atoms with Crippen LogP contribution in [0.1, 0.15) is 31.4 Å². The molecule has 0 unspecified atom stereocenters. The number of hydrogen-bond acceptors (Lipinski definition) is 5. The maximum atomic E-state index is 4.42. The smallest absolute Gasteiger partial charge is 0.254 e. The van der Waals surface area contributed by atoms with Crippen LogP contribution in [0.2, 0.25) is 0 Å². The van der Waals surface area contributed by atoms with Crippen LogP contribution in [0.4, 0.5) is 5.82 Å². The van der Waals surface area contributed by atoms with E-state index in [0.29, 0.717) is 5.78 Å². The molecule has 1 saturated carbocycles. The zero-order valence-electron chi connectivity index (χ0n) is 12.6. The lowest BCUT2D eigenvalue weighted by atomic mass is 10.2. The molecule has 0 spiro atoms. The first kappa shape index (κ1) is 13.0. The second-order valence-electron chi connectivity index (χ2n) is 6.19. The fourth-order valence-corrected chi connectivity index (χ4v) is 3.72. The first-order valence-electron chi connectivity index (χ1n) is 7.97. The van der Waals surface area contributed by atoms with Crippen molar-refractivity contribution in [2.75, 3.05) is 31.1 Å². The summed E-state index contributed by atoms with van der Waals surface area (Å²) < 4.78 is 1.86. The second kappa shape index (κ2) is 5.26. The van der Waals surface area contributed by atoms with Crippen molar-refractivity contribution in [2.24, 2.45) is 0 Å². The van der Waals surface area contributed by atoms with Gasteiger partial charge in [-0.05, 0) is 19.8 Å². The van der Waals surface area contributed by atoms with Crippen molar-refractivity contribution < 1.29 is 0 Å². The van der Waals surface area contributed by atoms with Crippen molar-refractivity contribution >= 4 is 11.6 Å². The molecule has 2 fully saturated rings. The summed E-state index contributed by atoms with van der Waals surface area (Å²) in [6, 6.07) is 2.95. The summed E-state index contributed by atoms with van der Waals surface area (Å²) in [6.45, 7) is 6.46. The first-order chi connectivity index (χ1) is 10.3. The Balaban J connectivity index is 1.53. The van der Waals surface area contributed by atoms with Gasteiger partial charge < -0.3 is 4.90 Å². The molecule has 0 amide bonds. The number of anilines is 1. The standard InChI is InChI=1S/C15H22N6/c1-12-10-14(21-15(18-12)16-11-17-21)20-8-6-19(7-9-20)13-4-2-3-5-13/h10-11,13H,2-9H2,1H3. The summed E-state index contributed by atoms with van der Waals surface area (Å²) in [5.74, 6) is 1.82. The van der Waals surface area contributed by atoms with E-state index in [1.165, 1.54) is 25.7 Å². The molecule has 2 aliphatic rings. The number of nitrogens with zero attached hydrogens (tertiary/aromatic N) is 6. The van der Waals surface area contributed by atoms with E-state index in [4.69, 9.17) is 0 Å². The lowest BCUT2D eigenvalue weighted by molar-refractivity contribution is 0.187. The Bertz CT molecular complexity index is 622. The fraction of sp³-hybridized carbons (Fsp3) is 0.667. The SMILES string of the molecule is Cc1cc(N2CCN(C3CCCC3)CC2)n2ncnc2n1. The minimum Gasteiger partial charge on any atom is -0.354 e. The van der Waals surface area contributed by atoms with Gasteiger partial charge in [0.15, 0.2) is 0 Å². The topological polar surface area (TPSA) is 49.6 Å². The molecule has 2 aromatic rings. The molecule has 1 aliphatic heterocycles. The molecule has 3 heterocycles. The lowest BCUT2D eigenvalue weighted by Crippen LogP contribution is -2.50. The van der Waals surface area contributed by atoms with Gasteiger partial charge in [0.1, 0.15) is 12.1 Å². The Morgan fingerprint density at radius 1 is 1.10 bits per heavy atom. The van der Waals surface area contributed by atoms with Gasteiger partial charge in [-0.3, -0.25) is 4.90 Å². The number of rotatable bonds is 2. The molecule has 0 N–H and O–H groups in total. The highest BCUT2D eigenvalue weighted by molar-refractivity contribution is 5.47. The number of aromatic nitrogens is 4. The Morgan fingerprint density at radius 3 is 2.62 bits per heavy atom. The zero-order chi connectivity index (χ0) is 14.2. The molecule has 1 aliphatic carbocycles. The normalized spacial score (nSPS) is 21.5. The van der Waals surface area contributed by atoms with Crippen molar-refractivity contribution in [3.05, 3.63) is 18.1 Å². The quantitative estimate of drug-likeness (QED) is 0.837. The van der Waals surface area contributed by atoms with Crippen LogP contribution >= 0.6 is 0 Å². The number of aryl methyl sites for hydroxylation is 1. The third-order valence-electron chi connectivity index (χ3n) is 4.84. The lowest BCUT2D eigenvalue weighted by Gasteiger charge is -2.38. The summed E-state index contributed by atoms with van der Waals surface area (Å²) in [5, 5.41) is 4.32. The molecule has 1 saturated heterocycles. The number of hydrogen-bond donors (Lipinski definition) is 0. The predicted molar refractivity (Wildman–Crippen MR) is 81.6 cm³/mol. The number of fused-ring (bicyclic) bond motifs is 1. The van der Waals surface area contributed by atoms with Crippen LogP contribution in [-0.4, -0.2) is 56.7 Å². The maximum Gasteiger partial charge on any atom is 0.254 e. The van der Waals surface area contributed by atoms with Gasteiger partial charge in [-0.25, -0.2) is 4.98 Å². The van der Waals surface area contributed by atoms with Crippen molar-refractivity contribution in [2.45, 2.75) is 38.6 Å². The van der Waals surface area contributed by atoms with E-state index in [1.54, 1.807) is 6.33 Å². The van der Waals surface area contributed by atoms with E-state index in [-0.39, 0.29) is 0 Å². The van der Waals surface area contributed by atoms with Crippen molar-refractivity contribution in [1.29, 1.82) is 0 Å². The molecule has 6 nitrogen and oxygen atoms in total. The minimum atomic E-state index is 0.697. The summed E-state index contributed by atoms with van der Waals surface area (Å²) >= 11 is 0. The van der Waals surface area contributed by atoms with Crippen LogP contribution in [0, 0.1) is 6.92 Å². The van der Waals surface area contributed by atoms with Crippen LogP contribution in [-0.2, 0) is 0 Å². The highest BCUT2D eigenvalue weighted by Crippen LogP contribution is 2.25. The van der Waals surface area contributed by atoms with Crippen LogP contribution in [0.25, 0.3) is 5.78 Å². The first-order valence-corrected chi connectivity index (χ1v) is 7.97. The highest BCUT2D eigenvalue weighted by Gasteiger charge is 2.27. The molecule has 0 bridgehead atoms. The molecular weight excluding hydrogens is 264 g/mol. The zero-order valence-corrected chi connectivity index (χ0v) is 12.6. The molecular formula is C15H22N6. The molecule has 112 valence electrons. The molecule has 21 heavy (non-hydrogen) atoms. The minimum absolute atomic E-state index is 0.697. The van der Waals surface area contributed by atoms with Gasteiger partial charge in [-0.2, -0.15) is 14.6 Å². The average Bonchev–Trinajstić information content (AvgIpc) is 3.17. The van der Waals surface area contributed by atoms with E-state index in [2.05, 4.69) is 30.9 Å². The van der Waals surface area contributed by atoms with Gasteiger partial charge in [0.05, 0.1) is 0 Å².